The second kappa shape index (κ2) is 14.6. The number of nitrogens with one attached hydrogen (secondary N) is 2. The van der Waals surface area contributed by atoms with Gasteiger partial charge in [-0.05, 0) is 78.7 Å². The lowest BCUT2D eigenvalue weighted by Gasteiger charge is -2.14. The Balaban J connectivity index is 1.93. The van der Waals surface area contributed by atoms with E-state index < -0.39 is 24.2 Å². The average Bonchev–Trinajstić information content (AvgIpc) is 2.80. The largest absolute Gasteiger partial charge is 0.494 e. The van der Waals surface area contributed by atoms with Gasteiger partial charge in [-0.2, -0.15) is 5.10 Å². The molecule has 0 heterocycles. The number of rotatable bonds is 13. The molecule has 11 heteroatoms. The minimum Gasteiger partial charge on any atom is -0.494 e. The molecular formula is C24H28BrN3O7. The van der Waals surface area contributed by atoms with Gasteiger partial charge >= 0.3 is 5.97 Å². The van der Waals surface area contributed by atoms with Crippen LogP contribution in [0.4, 0.5) is 5.69 Å². The number of hydrogen-bond donors (Lipinski definition) is 2. The quantitative estimate of drug-likeness (QED) is 0.169. The van der Waals surface area contributed by atoms with Crippen molar-refractivity contribution in [2.24, 2.45) is 5.10 Å². The first-order chi connectivity index (χ1) is 16.9. The number of anilines is 1. The van der Waals surface area contributed by atoms with Crippen molar-refractivity contribution < 1.29 is 33.3 Å². The molecule has 0 spiro atoms. The molecule has 0 unspecified atom stereocenters. The van der Waals surface area contributed by atoms with Crippen molar-refractivity contribution in [1.29, 1.82) is 0 Å². The zero-order valence-corrected chi connectivity index (χ0v) is 21.3. The lowest BCUT2D eigenvalue weighted by Crippen LogP contribution is -2.24. The van der Waals surface area contributed by atoms with Gasteiger partial charge in [-0.3, -0.25) is 9.59 Å². The minimum atomic E-state index is -0.580. The predicted molar refractivity (Wildman–Crippen MR) is 134 cm³/mol. The summed E-state index contributed by atoms with van der Waals surface area (Å²) in [6.45, 7) is 6.29. The molecular weight excluding hydrogens is 522 g/mol. The van der Waals surface area contributed by atoms with E-state index in [1.54, 1.807) is 43.3 Å². The van der Waals surface area contributed by atoms with Crippen LogP contribution in [0, 0.1) is 0 Å². The SMILES string of the molecule is CCOC(=O)COc1c(Br)cc(C=NNC(=O)CC(=O)Nc2ccc(OCC)cc2)cc1OCC. The van der Waals surface area contributed by atoms with Gasteiger partial charge in [0.2, 0.25) is 11.8 Å². The summed E-state index contributed by atoms with van der Waals surface area (Å²) >= 11 is 3.39. The fourth-order valence-corrected chi connectivity index (χ4v) is 3.34. The van der Waals surface area contributed by atoms with E-state index in [0.717, 1.165) is 0 Å². The number of carbonyl (C=O) groups is 3. The van der Waals surface area contributed by atoms with E-state index in [1.807, 2.05) is 13.8 Å². The highest BCUT2D eigenvalue weighted by molar-refractivity contribution is 9.10. The molecule has 0 aliphatic rings. The Morgan fingerprint density at radius 3 is 2.31 bits per heavy atom. The van der Waals surface area contributed by atoms with E-state index in [-0.39, 0.29) is 13.2 Å². The summed E-state index contributed by atoms with van der Waals surface area (Å²) in [5, 5.41) is 6.53. The molecule has 188 valence electrons. The van der Waals surface area contributed by atoms with Crippen molar-refractivity contribution in [3.8, 4) is 17.2 Å². The molecule has 0 saturated heterocycles. The summed E-state index contributed by atoms with van der Waals surface area (Å²) in [4.78, 5) is 35.7. The second-order valence-electron chi connectivity index (χ2n) is 6.83. The van der Waals surface area contributed by atoms with Crippen LogP contribution in [0.3, 0.4) is 0 Å². The third-order valence-electron chi connectivity index (χ3n) is 4.14. The van der Waals surface area contributed by atoms with E-state index in [2.05, 4.69) is 31.8 Å². The van der Waals surface area contributed by atoms with E-state index in [0.29, 0.717) is 46.2 Å². The van der Waals surface area contributed by atoms with Gasteiger partial charge in [-0.25, -0.2) is 10.2 Å². The molecule has 2 aromatic rings. The van der Waals surface area contributed by atoms with Crippen LogP contribution in [0.5, 0.6) is 17.2 Å². The number of hydrazone groups is 1. The van der Waals surface area contributed by atoms with Crippen LogP contribution in [-0.4, -0.2) is 50.4 Å². The van der Waals surface area contributed by atoms with Gasteiger partial charge < -0.3 is 24.3 Å². The molecule has 2 N–H and O–H groups in total. The predicted octanol–water partition coefficient (Wildman–Crippen LogP) is 3.67. The topological polar surface area (TPSA) is 125 Å². The van der Waals surface area contributed by atoms with Crippen molar-refractivity contribution in [2.45, 2.75) is 27.2 Å². The molecule has 10 nitrogen and oxygen atoms in total. The number of esters is 1. The third-order valence-corrected chi connectivity index (χ3v) is 4.73. The highest BCUT2D eigenvalue weighted by Crippen LogP contribution is 2.36. The van der Waals surface area contributed by atoms with Crippen molar-refractivity contribution in [3.63, 3.8) is 0 Å². The molecule has 0 aromatic heterocycles. The normalized spacial score (nSPS) is 10.5. The maximum atomic E-state index is 12.1. The lowest BCUT2D eigenvalue weighted by atomic mass is 10.2. The molecule has 0 fully saturated rings. The van der Waals surface area contributed by atoms with E-state index in [9.17, 15) is 14.4 Å². The smallest absolute Gasteiger partial charge is 0.344 e. The third kappa shape index (κ3) is 9.65. The van der Waals surface area contributed by atoms with E-state index in [1.165, 1.54) is 6.21 Å². The molecule has 35 heavy (non-hydrogen) atoms. The molecule has 2 amide bonds. The molecule has 0 radical (unpaired) electrons. The van der Waals surface area contributed by atoms with E-state index >= 15 is 0 Å². The maximum absolute atomic E-state index is 12.1. The monoisotopic (exact) mass is 549 g/mol. The van der Waals surface area contributed by atoms with Gasteiger partial charge in [0.25, 0.3) is 0 Å². The van der Waals surface area contributed by atoms with Gasteiger partial charge in [-0.15, -0.1) is 0 Å². The van der Waals surface area contributed by atoms with Crippen LogP contribution in [0.2, 0.25) is 0 Å². The minimum absolute atomic E-state index is 0.256. The first kappa shape index (κ1) is 27.6. The second-order valence-corrected chi connectivity index (χ2v) is 7.69. The van der Waals surface area contributed by atoms with Crippen LogP contribution >= 0.6 is 15.9 Å². The Hall–Kier alpha value is -3.60. The van der Waals surface area contributed by atoms with Crippen LogP contribution in [0.25, 0.3) is 0 Å². The molecule has 2 rings (SSSR count). The zero-order chi connectivity index (χ0) is 25.6. The maximum Gasteiger partial charge on any atom is 0.344 e. The average molecular weight is 550 g/mol. The summed E-state index contributed by atoms with van der Waals surface area (Å²) in [5.74, 6) is -0.146. The number of nitrogens with zero attached hydrogens (tertiary/aromatic N) is 1. The zero-order valence-electron chi connectivity index (χ0n) is 19.8. The van der Waals surface area contributed by atoms with Gasteiger partial charge in [0.05, 0.1) is 30.5 Å². The number of halogens is 1. The van der Waals surface area contributed by atoms with Crippen molar-refractivity contribution in [1.82, 2.24) is 5.43 Å². The first-order valence-corrected chi connectivity index (χ1v) is 11.7. The molecule has 0 atom stereocenters. The fraction of sp³-hybridized carbons (Fsp3) is 0.333. The summed E-state index contributed by atoms with van der Waals surface area (Å²) in [6, 6.07) is 10.1. The molecule has 0 saturated carbocycles. The molecule has 2 aromatic carbocycles. The first-order valence-electron chi connectivity index (χ1n) is 11.0. The summed E-state index contributed by atoms with van der Waals surface area (Å²) in [5.41, 5.74) is 3.45. The number of amides is 2. The highest BCUT2D eigenvalue weighted by Gasteiger charge is 2.14. The van der Waals surface area contributed by atoms with Crippen LogP contribution in [0.15, 0.2) is 46.0 Å². The van der Waals surface area contributed by atoms with E-state index in [4.69, 9.17) is 18.9 Å². The fourth-order valence-electron chi connectivity index (χ4n) is 2.77. The van der Waals surface area contributed by atoms with Gasteiger partial charge in [0, 0.05) is 5.69 Å². The van der Waals surface area contributed by atoms with Gasteiger partial charge in [0.1, 0.15) is 12.2 Å². The van der Waals surface area contributed by atoms with Crippen LogP contribution in [0.1, 0.15) is 32.8 Å². The molecule has 0 aliphatic heterocycles. The van der Waals surface area contributed by atoms with Crippen molar-refractivity contribution >= 4 is 45.6 Å². The lowest BCUT2D eigenvalue weighted by molar-refractivity contribution is -0.145. The Morgan fingerprint density at radius 2 is 1.66 bits per heavy atom. The Kier molecular flexibility index (Phi) is 11.5. The van der Waals surface area contributed by atoms with Crippen molar-refractivity contribution in [2.75, 3.05) is 31.7 Å². The van der Waals surface area contributed by atoms with Gasteiger partial charge in [-0.1, -0.05) is 0 Å². The number of carbonyl (C=O) groups excluding carboxylic acids is 3. The van der Waals surface area contributed by atoms with Crippen molar-refractivity contribution in [3.05, 3.63) is 46.4 Å². The molecule has 0 aliphatic carbocycles. The van der Waals surface area contributed by atoms with Crippen LogP contribution in [-0.2, 0) is 19.1 Å². The summed E-state index contributed by atoms with van der Waals surface area (Å²) in [6.07, 6.45) is 0.990. The highest BCUT2D eigenvalue weighted by atomic mass is 79.9. The Bertz CT molecular complexity index is 1040. The number of benzene rings is 2. The van der Waals surface area contributed by atoms with Crippen LogP contribution < -0.4 is 25.0 Å². The summed E-state index contributed by atoms with van der Waals surface area (Å²) < 4.78 is 21.9. The Morgan fingerprint density at radius 1 is 0.943 bits per heavy atom. The standard InChI is InChI=1S/C24H28BrN3O7/c1-4-32-18-9-7-17(8-10-18)27-21(29)13-22(30)28-26-14-16-11-19(25)24(20(12-16)33-5-2)35-15-23(31)34-6-3/h7-12,14H,4-6,13,15H2,1-3H3,(H,27,29)(H,28,30). The van der Waals surface area contributed by atoms with Gasteiger partial charge in [0.15, 0.2) is 18.1 Å². The molecule has 0 bridgehead atoms. The summed E-state index contributed by atoms with van der Waals surface area (Å²) in [7, 11) is 0. The number of ether oxygens (including phenoxy) is 4. The Labute approximate surface area is 212 Å². The number of hydrogen-bond acceptors (Lipinski definition) is 8.